The fraction of sp³-hybridized carbons (Fsp3) is 0.308. The van der Waals surface area contributed by atoms with Gasteiger partial charge in [-0.25, -0.2) is 0 Å². The van der Waals surface area contributed by atoms with Gasteiger partial charge in [0.05, 0.1) is 0 Å². The maximum atomic E-state index is 10.6. The van der Waals surface area contributed by atoms with Gasteiger partial charge in [0.15, 0.2) is 0 Å². The van der Waals surface area contributed by atoms with Gasteiger partial charge in [-0.05, 0) is 12.5 Å². The van der Waals surface area contributed by atoms with E-state index in [2.05, 4.69) is 37.8 Å². The van der Waals surface area contributed by atoms with E-state index in [1.807, 2.05) is 13.0 Å². The monoisotopic (exact) mass is 188 g/mol. The molecule has 0 saturated heterocycles. The first kappa shape index (κ1) is 10.7. The molecule has 1 aromatic carbocycles. The first-order valence-electron chi connectivity index (χ1n) is 4.77. The molecular formula is C13H16O. The van der Waals surface area contributed by atoms with Gasteiger partial charge in [0.25, 0.3) is 0 Å². The van der Waals surface area contributed by atoms with E-state index in [-0.39, 0.29) is 5.41 Å². The van der Waals surface area contributed by atoms with Gasteiger partial charge in [-0.15, -0.1) is 6.58 Å². The first-order chi connectivity index (χ1) is 6.62. The molecule has 0 N–H and O–H groups in total. The third-order valence-corrected chi connectivity index (χ3v) is 2.67. The van der Waals surface area contributed by atoms with E-state index in [0.717, 1.165) is 11.8 Å². The Hall–Kier alpha value is -1.37. The lowest BCUT2D eigenvalue weighted by Crippen LogP contribution is -2.18. The predicted molar refractivity (Wildman–Crippen MR) is 59.4 cm³/mol. The summed E-state index contributed by atoms with van der Waals surface area (Å²) in [6.07, 6.45) is 3.27. The summed E-state index contributed by atoms with van der Waals surface area (Å²) in [5.74, 6) is 0. The third kappa shape index (κ3) is 2.11. The van der Waals surface area contributed by atoms with Gasteiger partial charge < -0.3 is 4.79 Å². The number of carbonyl (C=O) groups excluding carboxylic acids is 1. The molecule has 14 heavy (non-hydrogen) atoms. The molecule has 1 atom stereocenters. The quantitative estimate of drug-likeness (QED) is 0.524. The Kier molecular flexibility index (Phi) is 3.23. The zero-order chi connectivity index (χ0) is 10.6. The molecule has 0 aromatic heterocycles. The normalized spacial score (nSPS) is 14.4. The van der Waals surface area contributed by atoms with Crippen molar-refractivity contribution in [2.75, 3.05) is 0 Å². The summed E-state index contributed by atoms with van der Waals surface area (Å²) >= 11 is 0. The summed E-state index contributed by atoms with van der Waals surface area (Å²) in [6, 6.07) is 8.23. The highest BCUT2D eigenvalue weighted by molar-refractivity contribution is 5.54. The molecule has 1 nitrogen and oxygen atoms in total. The highest BCUT2D eigenvalue weighted by Crippen LogP contribution is 2.27. The summed E-state index contributed by atoms with van der Waals surface area (Å²) in [7, 11) is 0. The molecular weight excluding hydrogens is 172 g/mol. The standard InChI is InChI=1S/C13H16O/c1-4-13(3,9-10-14)12-7-5-11(2)6-8-12/h4-8,10H,1,9H2,2-3H3. The van der Waals surface area contributed by atoms with E-state index in [1.54, 1.807) is 0 Å². The average molecular weight is 188 g/mol. The van der Waals surface area contributed by atoms with Crippen molar-refractivity contribution >= 4 is 6.29 Å². The van der Waals surface area contributed by atoms with Crippen LogP contribution in [0.15, 0.2) is 36.9 Å². The van der Waals surface area contributed by atoms with Crippen molar-refractivity contribution < 1.29 is 4.79 Å². The van der Waals surface area contributed by atoms with Crippen LogP contribution >= 0.6 is 0 Å². The Morgan fingerprint density at radius 1 is 1.36 bits per heavy atom. The number of aryl methyl sites for hydroxylation is 1. The molecule has 0 bridgehead atoms. The Morgan fingerprint density at radius 3 is 2.36 bits per heavy atom. The van der Waals surface area contributed by atoms with Crippen LogP contribution in [0.4, 0.5) is 0 Å². The fourth-order valence-corrected chi connectivity index (χ4v) is 1.43. The Morgan fingerprint density at radius 2 is 1.93 bits per heavy atom. The molecule has 0 spiro atoms. The Balaban J connectivity index is 3.05. The second-order valence-corrected chi connectivity index (χ2v) is 3.86. The van der Waals surface area contributed by atoms with Gasteiger partial charge in [-0.2, -0.15) is 0 Å². The van der Waals surface area contributed by atoms with Crippen molar-refractivity contribution in [1.82, 2.24) is 0 Å². The number of hydrogen-bond acceptors (Lipinski definition) is 1. The summed E-state index contributed by atoms with van der Waals surface area (Å²) in [6.45, 7) is 7.87. The second kappa shape index (κ2) is 4.23. The summed E-state index contributed by atoms with van der Waals surface area (Å²) in [5.41, 5.74) is 2.14. The first-order valence-corrected chi connectivity index (χ1v) is 4.77. The lowest BCUT2D eigenvalue weighted by atomic mass is 9.80. The lowest BCUT2D eigenvalue weighted by Gasteiger charge is -2.23. The zero-order valence-corrected chi connectivity index (χ0v) is 8.79. The SMILES string of the molecule is C=CC(C)(CC=O)c1ccc(C)cc1. The van der Waals surface area contributed by atoms with Gasteiger partial charge in [-0.3, -0.25) is 0 Å². The van der Waals surface area contributed by atoms with Crippen molar-refractivity contribution in [3.05, 3.63) is 48.0 Å². The minimum Gasteiger partial charge on any atom is -0.303 e. The predicted octanol–water partition coefficient (Wildman–Crippen LogP) is 3.03. The van der Waals surface area contributed by atoms with Crippen LogP contribution in [0, 0.1) is 6.92 Å². The molecule has 1 unspecified atom stereocenters. The van der Waals surface area contributed by atoms with Crippen LogP contribution < -0.4 is 0 Å². The van der Waals surface area contributed by atoms with Gasteiger partial charge in [0, 0.05) is 11.8 Å². The van der Waals surface area contributed by atoms with E-state index in [0.29, 0.717) is 6.42 Å². The smallest absolute Gasteiger partial charge is 0.121 e. The highest BCUT2D eigenvalue weighted by Gasteiger charge is 2.21. The van der Waals surface area contributed by atoms with Crippen LogP contribution in [-0.2, 0) is 10.2 Å². The Labute approximate surface area is 85.5 Å². The van der Waals surface area contributed by atoms with Gasteiger partial charge >= 0.3 is 0 Å². The molecule has 0 aliphatic carbocycles. The number of allylic oxidation sites excluding steroid dienone is 1. The molecule has 0 aliphatic rings. The number of rotatable bonds is 4. The summed E-state index contributed by atoms with van der Waals surface area (Å²) < 4.78 is 0. The molecule has 74 valence electrons. The second-order valence-electron chi connectivity index (χ2n) is 3.86. The minimum absolute atomic E-state index is 0.227. The van der Waals surface area contributed by atoms with Crippen molar-refractivity contribution in [3.63, 3.8) is 0 Å². The molecule has 0 fully saturated rings. The topological polar surface area (TPSA) is 17.1 Å². The van der Waals surface area contributed by atoms with Crippen molar-refractivity contribution in [3.8, 4) is 0 Å². The Bertz CT molecular complexity index is 324. The lowest BCUT2D eigenvalue weighted by molar-refractivity contribution is -0.108. The zero-order valence-electron chi connectivity index (χ0n) is 8.79. The van der Waals surface area contributed by atoms with E-state index in [1.165, 1.54) is 5.56 Å². The number of benzene rings is 1. The molecule has 1 aromatic rings. The number of carbonyl (C=O) groups is 1. The summed E-state index contributed by atoms with van der Waals surface area (Å²) in [4.78, 5) is 10.6. The van der Waals surface area contributed by atoms with E-state index in [9.17, 15) is 4.79 Å². The van der Waals surface area contributed by atoms with E-state index >= 15 is 0 Å². The van der Waals surface area contributed by atoms with Crippen LogP contribution in [0.1, 0.15) is 24.5 Å². The summed E-state index contributed by atoms with van der Waals surface area (Å²) in [5, 5.41) is 0. The highest BCUT2D eigenvalue weighted by atomic mass is 16.1. The molecule has 0 amide bonds. The fourth-order valence-electron chi connectivity index (χ4n) is 1.43. The molecule has 0 radical (unpaired) electrons. The third-order valence-electron chi connectivity index (χ3n) is 2.67. The van der Waals surface area contributed by atoms with Crippen LogP contribution in [0.2, 0.25) is 0 Å². The molecule has 1 rings (SSSR count). The van der Waals surface area contributed by atoms with Crippen LogP contribution in [0.3, 0.4) is 0 Å². The van der Waals surface area contributed by atoms with Crippen LogP contribution in [0.5, 0.6) is 0 Å². The van der Waals surface area contributed by atoms with Crippen LogP contribution in [-0.4, -0.2) is 6.29 Å². The molecule has 0 aliphatic heterocycles. The van der Waals surface area contributed by atoms with Gasteiger partial charge in [0.2, 0.25) is 0 Å². The van der Waals surface area contributed by atoms with Crippen LogP contribution in [0.25, 0.3) is 0 Å². The van der Waals surface area contributed by atoms with Crippen molar-refractivity contribution in [1.29, 1.82) is 0 Å². The van der Waals surface area contributed by atoms with Gasteiger partial charge in [-0.1, -0.05) is 42.8 Å². The molecule has 0 heterocycles. The van der Waals surface area contributed by atoms with E-state index in [4.69, 9.17) is 0 Å². The molecule has 0 saturated carbocycles. The van der Waals surface area contributed by atoms with Gasteiger partial charge in [0.1, 0.15) is 6.29 Å². The van der Waals surface area contributed by atoms with Crippen molar-refractivity contribution in [2.24, 2.45) is 0 Å². The van der Waals surface area contributed by atoms with E-state index < -0.39 is 0 Å². The molecule has 1 heteroatoms. The largest absolute Gasteiger partial charge is 0.303 e. The number of hydrogen-bond donors (Lipinski definition) is 0. The maximum absolute atomic E-state index is 10.6. The average Bonchev–Trinajstić information content (AvgIpc) is 2.19. The maximum Gasteiger partial charge on any atom is 0.121 e. The van der Waals surface area contributed by atoms with Crippen molar-refractivity contribution in [2.45, 2.75) is 25.7 Å². The minimum atomic E-state index is -0.227. The number of aldehydes is 1.